The molecule has 0 radical (unpaired) electrons. The number of carbonyl (C=O) groups excluding carboxylic acids is 3. The Labute approximate surface area is 176 Å². The Morgan fingerprint density at radius 3 is 2.28 bits per heavy atom. The highest BCUT2D eigenvalue weighted by Crippen LogP contribution is 2.38. The lowest BCUT2D eigenvalue weighted by Crippen LogP contribution is -2.39. The molecule has 9 heteroatoms. The molecule has 0 aliphatic carbocycles. The van der Waals surface area contributed by atoms with Crippen molar-refractivity contribution in [3.63, 3.8) is 0 Å². The van der Waals surface area contributed by atoms with E-state index in [4.69, 9.17) is 27.9 Å². The van der Waals surface area contributed by atoms with Crippen molar-refractivity contribution < 1.29 is 19.1 Å². The Balaban J connectivity index is 1.81. The summed E-state index contributed by atoms with van der Waals surface area (Å²) in [6.07, 6.45) is 0. The van der Waals surface area contributed by atoms with Crippen LogP contribution in [0.1, 0.15) is 6.92 Å². The van der Waals surface area contributed by atoms with E-state index in [9.17, 15) is 14.4 Å². The lowest BCUT2D eigenvalue weighted by molar-refractivity contribution is -0.136. The molecule has 2 unspecified atom stereocenters. The van der Waals surface area contributed by atoms with Crippen molar-refractivity contribution in [1.82, 2.24) is 0 Å². The predicted octanol–water partition coefficient (Wildman–Crippen LogP) is 3.29. The largest absolute Gasteiger partial charge is 0.461 e. The second kappa shape index (κ2) is 7.50. The molecule has 2 aliphatic heterocycles. The van der Waals surface area contributed by atoms with Crippen LogP contribution in [0.15, 0.2) is 53.6 Å². The minimum Gasteiger partial charge on any atom is -0.461 e. The number of fused-ring (bicyclic) bond motifs is 1. The topological polar surface area (TPSA) is 79.3 Å². The van der Waals surface area contributed by atoms with Gasteiger partial charge in [0.15, 0.2) is 5.71 Å². The van der Waals surface area contributed by atoms with Crippen LogP contribution in [-0.4, -0.2) is 36.1 Å². The van der Waals surface area contributed by atoms with Gasteiger partial charge in [-0.2, -0.15) is 5.10 Å². The predicted molar refractivity (Wildman–Crippen MR) is 109 cm³/mol. The highest BCUT2D eigenvalue weighted by molar-refractivity contribution is 6.47. The molecular weight excluding hydrogens is 417 g/mol. The third-order valence-corrected chi connectivity index (χ3v) is 5.14. The number of nitrogens with zero attached hydrogens (tertiary/aromatic N) is 3. The van der Waals surface area contributed by atoms with Crippen LogP contribution < -0.4 is 9.91 Å². The average Bonchev–Trinajstić information content (AvgIpc) is 3.19. The Bertz CT molecular complexity index is 1060. The molecule has 1 fully saturated rings. The molecule has 7 nitrogen and oxygen atoms in total. The van der Waals surface area contributed by atoms with Gasteiger partial charge in [0.1, 0.15) is 12.0 Å². The summed E-state index contributed by atoms with van der Waals surface area (Å²) in [6.45, 7) is 1.77. The van der Waals surface area contributed by atoms with Crippen molar-refractivity contribution in [3.8, 4) is 0 Å². The summed E-state index contributed by atoms with van der Waals surface area (Å²) < 4.78 is 5.06. The molecule has 2 amide bonds. The summed E-state index contributed by atoms with van der Waals surface area (Å²) in [5.41, 5.74) is 0.705. The molecule has 0 bridgehead atoms. The first kappa shape index (κ1) is 19.4. The molecule has 2 heterocycles. The van der Waals surface area contributed by atoms with Gasteiger partial charge in [0.25, 0.3) is 5.91 Å². The van der Waals surface area contributed by atoms with Crippen LogP contribution >= 0.6 is 23.2 Å². The zero-order chi connectivity index (χ0) is 20.7. The number of benzene rings is 2. The molecule has 4 rings (SSSR count). The number of ether oxygens (including phenoxy) is 1. The number of imide groups is 1. The van der Waals surface area contributed by atoms with E-state index < -0.39 is 29.7 Å². The van der Waals surface area contributed by atoms with Crippen LogP contribution in [0.25, 0.3) is 0 Å². The zero-order valence-corrected chi connectivity index (χ0v) is 16.7. The first-order valence-corrected chi connectivity index (χ1v) is 9.61. The van der Waals surface area contributed by atoms with Gasteiger partial charge in [0, 0.05) is 10.0 Å². The molecule has 0 spiro atoms. The molecule has 148 valence electrons. The van der Waals surface area contributed by atoms with E-state index >= 15 is 0 Å². The van der Waals surface area contributed by atoms with Gasteiger partial charge in [-0.15, -0.1) is 0 Å². The number of esters is 1. The summed E-state index contributed by atoms with van der Waals surface area (Å²) in [7, 11) is 0. The van der Waals surface area contributed by atoms with E-state index in [1.807, 2.05) is 0 Å². The molecule has 2 aliphatic rings. The van der Waals surface area contributed by atoms with E-state index in [2.05, 4.69) is 5.10 Å². The molecule has 0 aromatic heterocycles. The van der Waals surface area contributed by atoms with Crippen LogP contribution in [0, 0.1) is 5.92 Å². The molecular formula is C20H15Cl2N3O4. The van der Waals surface area contributed by atoms with Crippen LogP contribution in [0.5, 0.6) is 0 Å². The zero-order valence-electron chi connectivity index (χ0n) is 15.2. The van der Waals surface area contributed by atoms with E-state index in [1.165, 1.54) is 11.1 Å². The normalized spacial score (nSPS) is 20.7. The number of amides is 2. The summed E-state index contributed by atoms with van der Waals surface area (Å²) >= 11 is 12.1. The van der Waals surface area contributed by atoms with E-state index in [1.54, 1.807) is 49.4 Å². The molecule has 2 atom stereocenters. The standard InChI is InChI=1S/C20H15Cl2N3O4/c1-2-29-20(28)16-15-17(25(23-16)14-8-4-6-12(22)10-14)19(27)24(18(15)26)13-7-3-5-11(21)9-13/h3-10,15,17H,2H2,1H3. The molecule has 2 aromatic carbocycles. The van der Waals surface area contributed by atoms with Crippen LogP contribution in [0.2, 0.25) is 10.0 Å². The Morgan fingerprint density at radius 2 is 1.66 bits per heavy atom. The van der Waals surface area contributed by atoms with Gasteiger partial charge in [-0.1, -0.05) is 35.3 Å². The molecule has 29 heavy (non-hydrogen) atoms. The van der Waals surface area contributed by atoms with Crippen molar-refractivity contribution in [3.05, 3.63) is 58.6 Å². The minimum atomic E-state index is -1.08. The van der Waals surface area contributed by atoms with Gasteiger partial charge in [-0.25, -0.2) is 9.69 Å². The lowest BCUT2D eigenvalue weighted by Gasteiger charge is -2.22. The van der Waals surface area contributed by atoms with Crippen molar-refractivity contribution in [2.24, 2.45) is 11.0 Å². The fraction of sp³-hybridized carbons (Fsp3) is 0.200. The summed E-state index contributed by atoms with van der Waals surface area (Å²) in [5.74, 6) is -2.88. The summed E-state index contributed by atoms with van der Waals surface area (Å²) in [4.78, 5) is 40.0. The summed E-state index contributed by atoms with van der Waals surface area (Å²) in [6, 6.07) is 12.1. The first-order valence-electron chi connectivity index (χ1n) is 8.86. The van der Waals surface area contributed by atoms with Gasteiger partial charge in [-0.05, 0) is 43.3 Å². The smallest absolute Gasteiger partial charge is 0.355 e. The van der Waals surface area contributed by atoms with Gasteiger partial charge < -0.3 is 4.74 Å². The van der Waals surface area contributed by atoms with Crippen molar-refractivity contribution in [2.45, 2.75) is 13.0 Å². The molecule has 2 aromatic rings. The second-order valence-electron chi connectivity index (χ2n) is 6.44. The van der Waals surface area contributed by atoms with Crippen LogP contribution in [-0.2, 0) is 19.1 Å². The van der Waals surface area contributed by atoms with Gasteiger partial charge in [-0.3, -0.25) is 14.6 Å². The van der Waals surface area contributed by atoms with E-state index in [-0.39, 0.29) is 12.3 Å². The fourth-order valence-electron chi connectivity index (χ4n) is 3.49. The van der Waals surface area contributed by atoms with E-state index in [0.717, 1.165) is 4.90 Å². The van der Waals surface area contributed by atoms with Crippen LogP contribution in [0.4, 0.5) is 11.4 Å². The quantitative estimate of drug-likeness (QED) is 0.547. The van der Waals surface area contributed by atoms with Crippen molar-refractivity contribution in [2.75, 3.05) is 16.5 Å². The number of halogens is 2. The summed E-state index contributed by atoms with van der Waals surface area (Å²) in [5, 5.41) is 6.44. The third-order valence-electron chi connectivity index (χ3n) is 4.67. The highest BCUT2D eigenvalue weighted by Gasteiger charge is 2.59. The molecule has 0 N–H and O–H groups in total. The number of hydrogen-bond donors (Lipinski definition) is 0. The molecule has 0 saturated carbocycles. The second-order valence-corrected chi connectivity index (χ2v) is 7.32. The lowest BCUT2D eigenvalue weighted by atomic mass is 9.98. The van der Waals surface area contributed by atoms with Crippen molar-refractivity contribution >= 4 is 58.1 Å². The number of hydrazone groups is 1. The fourth-order valence-corrected chi connectivity index (χ4v) is 3.86. The van der Waals surface area contributed by atoms with Crippen LogP contribution in [0.3, 0.4) is 0 Å². The number of anilines is 2. The van der Waals surface area contributed by atoms with Gasteiger partial charge >= 0.3 is 5.97 Å². The Kier molecular flexibility index (Phi) is 5.02. The maximum absolute atomic E-state index is 13.3. The number of hydrogen-bond acceptors (Lipinski definition) is 6. The maximum atomic E-state index is 13.3. The number of rotatable bonds is 4. The SMILES string of the molecule is CCOC(=O)C1=NN(c2cccc(Cl)c2)C2C(=O)N(c3cccc(Cl)c3)C(=O)C12. The average molecular weight is 432 g/mol. The van der Waals surface area contributed by atoms with Gasteiger partial charge in [0.05, 0.1) is 18.0 Å². The minimum absolute atomic E-state index is 0.111. The maximum Gasteiger partial charge on any atom is 0.355 e. The number of carbonyl (C=O) groups is 3. The molecule has 1 saturated heterocycles. The van der Waals surface area contributed by atoms with Crippen molar-refractivity contribution in [1.29, 1.82) is 0 Å². The van der Waals surface area contributed by atoms with E-state index in [0.29, 0.717) is 21.4 Å². The highest BCUT2D eigenvalue weighted by atomic mass is 35.5. The van der Waals surface area contributed by atoms with Gasteiger partial charge in [0.2, 0.25) is 5.91 Å². The Morgan fingerprint density at radius 1 is 1.03 bits per heavy atom. The first-order chi connectivity index (χ1) is 13.9. The Hall–Kier alpha value is -2.90. The monoisotopic (exact) mass is 431 g/mol. The third kappa shape index (κ3) is 3.26.